The van der Waals surface area contributed by atoms with Gasteiger partial charge in [-0.05, 0) is 31.2 Å². The number of furan rings is 1. The number of amides is 1. The van der Waals surface area contributed by atoms with Gasteiger partial charge in [0.05, 0.1) is 18.1 Å². The summed E-state index contributed by atoms with van der Waals surface area (Å²) in [5.74, 6) is -0.315. The van der Waals surface area contributed by atoms with Gasteiger partial charge in [-0.1, -0.05) is 12.1 Å². The molecule has 0 saturated carbocycles. The number of nitrogens with one attached hydrogen (secondary N) is 1. The summed E-state index contributed by atoms with van der Waals surface area (Å²) in [4.78, 5) is 38.4. The first-order valence-corrected chi connectivity index (χ1v) is 10.5. The summed E-state index contributed by atoms with van der Waals surface area (Å²) in [6.45, 7) is 1.69. The fourth-order valence-corrected chi connectivity index (χ4v) is 4.20. The van der Waals surface area contributed by atoms with Crippen molar-refractivity contribution in [3.05, 3.63) is 75.9 Å². The van der Waals surface area contributed by atoms with Crippen LogP contribution < -0.4 is 10.9 Å². The number of carbonyl (C=O) groups excluding carboxylic acids is 1. The van der Waals surface area contributed by atoms with Crippen LogP contribution in [0.3, 0.4) is 0 Å². The molecule has 1 atom stereocenters. The highest BCUT2D eigenvalue weighted by Crippen LogP contribution is 2.25. The molecule has 0 saturated heterocycles. The maximum atomic E-state index is 12.8. The number of nitrogens with zero attached hydrogens (tertiary/aromatic N) is 4. The summed E-state index contributed by atoms with van der Waals surface area (Å²) in [7, 11) is 0. The van der Waals surface area contributed by atoms with Gasteiger partial charge in [0.1, 0.15) is 22.7 Å². The minimum atomic E-state index is -0.392. The molecule has 0 aliphatic carbocycles. The molecule has 0 aliphatic heterocycles. The molecular formula is C22H17N5O3S. The second kappa shape index (κ2) is 7.77. The molecule has 1 amide bonds. The molecule has 0 radical (unpaired) electrons. The molecule has 31 heavy (non-hydrogen) atoms. The Kier molecular flexibility index (Phi) is 4.79. The van der Waals surface area contributed by atoms with E-state index in [0.29, 0.717) is 11.1 Å². The van der Waals surface area contributed by atoms with Crippen molar-refractivity contribution in [2.45, 2.75) is 19.5 Å². The van der Waals surface area contributed by atoms with E-state index in [1.165, 1.54) is 22.2 Å². The fraction of sp³-hybridized carbons (Fsp3) is 0.136. The normalized spacial score (nSPS) is 12.3. The van der Waals surface area contributed by atoms with Crippen LogP contribution in [0.4, 0.5) is 0 Å². The largest absolute Gasteiger partial charge is 0.448 e. The predicted octanol–water partition coefficient (Wildman–Crippen LogP) is 3.54. The second-order valence-electron chi connectivity index (χ2n) is 7.06. The molecule has 4 aromatic heterocycles. The van der Waals surface area contributed by atoms with Gasteiger partial charge in [-0.25, -0.2) is 9.97 Å². The van der Waals surface area contributed by atoms with Crippen LogP contribution >= 0.6 is 11.3 Å². The number of thiazole rings is 1. The van der Waals surface area contributed by atoms with Crippen molar-refractivity contribution >= 4 is 39.3 Å². The third-order valence-corrected chi connectivity index (χ3v) is 5.92. The number of rotatable bonds is 5. The van der Waals surface area contributed by atoms with E-state index in [0.717, 1.165) is 21.7 Å². The van der Waals surface area contributed by atoms with Crippen molar-refractivity contribution in [1.29, 1.82) is 0 Å². The highest BCUT2D eigenvalue weighted by molar-refractivity contribution is 7.10. The van der Waals surface area contributed by atoms with Gasteiger partial charge in [0.15, 0.2) is 0 Å². The fourth-order valence-electron chi connectivity index (χ4n) is 3.36. The number of aromatic nitrogens is 4. The van der Waals surface area contributed by atoms with E-state index in [4.69, 9.17) is 4.42 Å². The van der Waals surface area contributed by atoms with Crippen LogP contribution in [0.2, 0.25) is 0 Å². The van der Waals surface area contributed by atoms with Crippen LogP contribution in [0.25, 0.3) is 33.3 Å². The third-order valence-electron chi connectivity index (χ3n) is 4.89. The molecule has 0 spiro atoms. The van der Waals surface area contributed by atoms with Crippen molar-refractivity contribution in [3.63, 3.8) is 0 Å². The van der Waals surface area contributed by atoms with Gasteiger partial charge in [0.2, 0.25) is 11.5 Å². The molecule has 5 aromatic rings. The Hall–Kier alpha value is -3.85. The zero-order valence-corrected chi connectivity index (χ0v) is 17.3. The zero-order chi connectivity index (χ0) is 21.4. The minimum absolute atomic E-state index is 0.144. The maximum Gasteiger partial charge on any atom is 0.297 e. The number of hydrogen-bond donors (Lipinski definition) is 1. The molecule has 4 heterocycles. The standard InChI is InChI=1S/C22H17N5O3S/c1-13(21-26-16(11-31-21)14-5-4-8-23-9-14)25-18(28)10-27-12-24-19-15-6-2-3-7-17(15)30-20(19)22(27)29/h2-9,11-13H,10H2,1H3,(H,25,28). The van der Waals surface area contributed by atoms with Gasteiger partial charge in [-0.3, -0.25) is 19.1 Å². The number of pyridine rings is 1. The van der Waals surface area contributed by atoms with Crippen LogP contribution in [0.15, 0.2) is 69.7 Å². The number of hydrogen-bond acceptors (Lipinski definition) is 7. The number of carbonyl (C=O) groups is 1. The first-order valence-electron chi connectivity index (χ1n) is 9.62. The Bertz CT molecular complexity index is 1450. The summed E-state index contributed by atoms with van der Waals surface area (Å²) in [6, 6.07) is 10.8. The Labute approximate surface area is 180 Å². The molecule has 1 N–H and O–H groups in total. The Balaban J connectivity index is 1.33. The summed E-state index contributed by atoms with van der Waals surface area (Å²) < 4.78 is 6.91. The van der Waals surface area contributed by atoms with E-state index < -0.39 is 5.56 Å². The minimum Gasteiger partial charge on any atom is -0.448 e. The lowest BCUT2D eigenvalue weighted by atomic mass is 10.2. The first kappa shape index (κ1) is 19.1. The smallest absolute Gasteiger partial charge is 0.297 e. The number of para-hydroxylation sites is 1. The lowest BCUT2D eigenvalue weighted by Gasteiger charge is -2.12. The topological polar surface area (TPSA) is 103 Å². The Morgan fingerprint density at radius 3 is 2.97 bits per heavy atom. The van der Waals surface area contributed by atoms with Gasteiger partial charge < -0.3 is 9.73 Å². The molecular weight excluding hydrogens is 414 g/mol. The summed E-state index contributed by atoms with van der Waals surface area (Å²) in [5.41, 5.74) is 2.57. The van der Waals surface area contributed by atoms with Crippen molar-refractivity contribution in [1.82, 2.24) is 24.8 Å². The van der Waals surface area contributed by atoms with Crippen LogP contribution in [-0.4, -0.2) is 25.4 Å². The van der Waals surface area contributed by atoms with Crippen LogP contribution in [0.1, 0.15) is 18.0 Å². The molecule has 9 heteroatoms. The highest BCUT2D eigenvalue weighted by Gasteiger charge is 2.17. The molecule has 1 unspecified atom stereocenters. The monoisotopic (exact) mass is 431 g/mol. The van der Waals surface area contributed by atoms with Gasteiger partial charge in [0, 0.05) is 28.7 Å². The van der Waals surface area contributed by atoms with Crippen molar-refractivity contribution in [2.24, 2.45) is 0 Å². The highest BCUT2D eigenvalue weighted by atomic mass is 32.1. The van der Waals surface area contributed by atoms with Crippen molar-refractivity contribution in [3.8, 4) is 11.3 Å². The Morgan fingerprint density at radius 1 is 1.26 bits per heavy atom. The lowest BCUT2D eigenvalue weighted by molar-refractivity contribution is -0.122. The van der Waals surface area contributed by atoms with Gasteiger partial charge in [-0.15, -0.1) is 11.3 Å². The molecule has 8 nitrogen and oxygen atoms in total. The SMILES string of the molecule is CC(NC(=O)Cn1cnc2c(oc3ccccc32)c1=O)c1nc(-c2cccnc2)cs1. The van der Waals surface area contributed by atoms with E-state index in [9.17, 15) is 9.59 Å². The number of benzene rings is 1. The summed E-state index contributed by atoms with van der Waals surface area (Å²) >= 11 is 1.46. The molecule has 154 valence electrons. The van der Waals surface area contributed by atoms with Crippen LogP contribution in [0.5, 0.6) is 0 Å². The van der Waals surface area contributed by atoms with E-state index in [1.807, 2.05) is 42.6 Å². The lowest BCUT2D eigenvalue weighted by Crippen LogP contribution is -2.33. The molecule has 0 bridgehead atoms. The predicted molar refractivity (Wildman–Crippen MR) is 118 cm³/mol. The summed E-state index contributed by atoms with van der Waals surface area (Å²) in [6.07, 6.45) is 4.83. The quantitative estimate of drug-likeness (QED) is 0.457. The number of fused-ring (bicyclic) bond motifs is 3. The van der Waals surface area contributed by atoms with Gasteiger partial charge in [-0.2, -0.15) is 0 Å². The zero-order valence-electron chi connectivity index (χ0n) is 16.5. The van der Waals surface area contributed by atoms with Gasteiger partial charge >= 0.3 is 0 Å². The first-order chi connectivity index (χ1) is 15.1. The Morgan fingerprint density at radius 2 is 2.13 bits per heavy atom. The van der Waals surface area contributed by atoms with Crippen LogP contribution in [0, 0.1) is 0 Å². The van der Waals surface area contributed by atoms with E-state index in [1.54, 1.807) is 18.5 Å². The molecule has 5 rings (SSSR count). The van der Waals surface area contributed by atoms with Crippen molar-refractivity contribution in [2.75, 3.05) is 0 Å². The molecule has 0 fully saturated rings. The van der Waals surface area contributed by atoms with E-state index in [2.05, 4.69) is 20.3 Å². The van der Waals surface area contributed by atoms with Crippen molar-refractivity contribution < 1.29 is 9.21 Å². The summed E-state index contributed by atoms with van der Waals surface area (Å²) in [5, 5.41) is 6.36. The van der Waals surface area contributed by atoms with E-state index in [-0.39, 0.29) is 24.1 Å². The second-order valence-corrected chi connectivity index (χ2v) is 7.95. The average molecular weight is 431 g/mol. The maximum absolute atomic E-state index is 12.8. The van der Waals surface area contributed by atoms with Gasteiger partial charge in [0.25, 0.3) is 5.56 Å². The van der Waals surface area contributed by atoms with E-state index >= 15 is 0 Å². The average Bonchev–Trinajstić information content (AvgIpc) is 3.42. The molecule has 1 aromatic carbocycles. The molecule has 0 aliphatic rings. The van der Waals surface area contributed by atoms with Crippen LogP contribution in [-0.2, 0) is 11.3 Å². The third kappa shape index (κ3) is 3.59.